The average molecular weight is 308 g/mol. The van der Waals surface area contributed by atoms with Gasteiger partial charge in [0, 0.05) is 0 Å². The van der Waals surface area contributed by atoms with Crippen molar-refractivity contribution in [2.24, 2.45) is 11.8 Å². The van der Waals surface area contributed by atoms with Gasteiger partial charge in [-0.05, 0) is 0 Å². The molecule has 3 aliphatic rings. The molecule has 6 heteroatoms. The van der Waals surface area contributed by atoms with E-state index in [2.05, 4.69) is 20.7 Å². The SMILES string of the molecule is C=C1[C@H](C(=O)N2CC[NH+](C)CC2)[C@H]1C(=O)N1CC[NH+](C)CC1. The minimum atomic E-state index is -0.252. The molecule has 3 fully saturated rings. The van der Waals surface area contributed by atoms with Crippen molar-refractivity contribution in [3.05, 3.63) is 12.2 Å². The molecular weight excluding hydrogens is 280 g/mol. The van der Waals surface area contributed by atoms with Crippen molar-refractivity contribution in [3.63, 3.8) is 0 Å². The Hall–Kier alpha value is -1.40. The zero-order chi connectivity index (χ0) is 15.9. The highest BCUT2D eigenvalue weighted by Crippen LogP contribution is 2.46. The van der Waals surface area contributed by atoms with Gasteiger partial charge in [-0.2, -0.15) is 0 Å². The first-order chi connectivity index (χ1) is 10.5. The van der Waals surface area contributed by atoms with Crippen LogP contribution in [0.2, 0.25) is 0 Å². The summed E-state index contributed by atoms with van der Waals surface area (Å²) in [7, 11) is 4.30. The molecule has 0 aromatic heterocycles. The van der Waals surface area contributed by atoms with Gasteiger partial charge >= 0.3 is 0 Å². The summed E-state index contributed by atoms with van der Waals surface area (Å²) in [5, 5.41) is 0. The van der Waals surface area contributed by atoms with E-state index in [0.29, 0.717) is 0 Å². The largest absolute Gasteiger partial charge is 0.334 e. The van der Waals surface area contributed by atoms with Crippen LogP contribution in [0.25, 0.3) is 0 Å². The molecule has 2 saturated heterocycles. The van der Waals surface area contributed by atoms with Crippen molar-refractivity contribution >= 4 is 11.8 Å². The molecule has 2 aliphatic heterocycles. The number of hydrogen-bond donors (Lipinski definition) is 2. The van der Waals surface area contributed by atoms with E-state index in [9.17, 15) is 9.59 Å². The van der Waals surface area contributed by atoms with Gasteiger partial charge in [-0.3, -0.25) is 9.59 Å². The molecule has 22 heavy (non-hydrogen) atoms. The summed E-state index contributed by atoms with van der Waals surface area (Å²) in [6.07, 6.45) is 0. The van der Waals surface area contributed by atoms with Gasteiger partial charge in [-0.25, -0.2) is 0 Å². The zero-order valence-electron chi connectivity index (χ0n) is 13.7. The lowest BCUT2D eigenvalue weighted by Gasteiger charge is -2.31. The number of carbonyl (C=O) groups is 2. The Morgan fingerprint density at radius 2 is 1.18 bits per heavy atom. The summed E-state index contributed by atoms with van der Waals surface area (Å²) in [5.41, 5.74) is 0.826. The molecule has 2 N–H and O–H groups in total. The van der Waals surface area contributed by atoms with Crippen LogP contribution in [-0.2, 0) is 9.59 Å². The number of nitrogens with one attached hydrogen (secondary N) is 2. The highest BCUT2D eigenvalue weighted by Gasteiger charge is 2.55. The minimum absolute atomic E-state index is 0.121. The van der Waals surface area contributed by atoms with Crippen LogP contribution < -0.4 is 9.80 Å². The molecule has 1 saturated carbocycles. The first-order valence-electron chi connectivity index (χ1n) is 8.38. The van der Waals surface area contributed by atoms with Crippen LogP contribution in [0, 0.1) is 11.8 Å². The second-order valence-corrected chi connectivity index (χ2v) is 7.10. The van der Waals surface area contributed by atoms with E-state index >= 15 is 0 Å². The van der Waals surface area contributed by atoms with Gasteiger partial charge in [-0.15, -0.1) is 0 Å². The lowest BCUT2D eigenvalue weighted by molar-refractivity contribution is -0.883. The fourth-order valence-corrected chi connectivity index (χ4v) is 3.53. The van der Waals surface area contributed by atoms with E-state index < -0.39 is 0 Å². The molecule has 2 heterocycles. The molecule has 122 valence electrons. The minimum Gasteiger partial charge on any atom is -0.334 e. The third-order valence-corrected chi connectivity index (χ3v) is 5.41. The summed E-state index contributed by atoms with van der Waals surface area (Å²) in [6, 6.07) is 0. The normalized spacial score (nSPS) is 30.5. The summed E-state index contributed by atoms with van der Waals surface area (Å²) >= 11 is 0. The van der Waals surface area contributed by atoms with Crippen LogP contribution in [0.15, 0.2) is 12.2 Å². The highest BCUT2D eigenvalue weighted by atomic mass is 16.2. The number of quaternary nitrogens is 2. The Morgan fingerprint density at radius 1 is 0.864 bits per heavy atom. The van der Waals surface area contributed by atoms with Crippen LogP contribution in [0.3, 0.4) is 0 Å². The molecule has 2 amide bonds. The summed E-state index contributed by atoms with van der Waals surface area (Å²) in [5.74, 6) is -0.262. The van der Waals surface area contributed by atoms with E-state index in [4.69, 9.17) is 0 Å². The van der Waals surface area contributed by atoms with Gasteiger partial charge in [0.15, 0.2) is 0 Å². The number of nitrogens with zero attached hydrogens (tertiary/aromatic N) is 2. The second kappa shape index (κ2) is 6.01. The predicted octanol–water partition coefficient (Wildman–Crippen LogP) is -3.50. The van der Waals surface area contributed by atoms with Gasteiger partial charge in [0.05, 0.1) is 78.3 Å². The molecule has 3 rings (SSSR count). The fraction of sp³-hybridized carbons (Fsp3) is 0.750. The fourth-order valence-electron chi connectivity index (χ4n) is 3.53. The number of likely N-dealkylation sites (N-methyl/N-ethyl adjacent to an activating group) is 2. The van der Waals surface area contributed by atoms with E-state index in [1.807, 2.05) is 9.80 Å². The lowest BCUT2D eigenvalue weighted by atomic mass is 10.2. The molecule has 0 bridgehead atoms. The Bertz CT molecular complexity index is 435. The maximum atomic E-state index is 12.6. The van der Waals surface area contributed by atoms with Crippen molar-refractivity contribution < 1.29 is 19.4 Å². The molecule has 2 atom stereocenters. The number of carbonyl (C=O) groups excluding carboxylic acids is 2. The van der Waals surface area contributed by atoms with Gasteiger partial charge in [0.1, 0.15) is 0 Å². The zero-order valence-corrected chi connectivity index (χ0v) is 13.7. The molecule has 0 aromatic carbocycles. The Kier molecular flexibility index (Phi) is 4.23. The molecular formula is C16H28N4O2+2. The van der Waals surface area contributed by atoms with Crippen molar-refractivity contribution in [2.45, 2.75) is 0 Å². The number of piperazine rings is 2. The van der Waals surface area contributed by atoms with Crippen LogP contribution in [-0.4, -0.2) is 88.1 Å². The second-order valence-electron chi connectivity index (χ2n) is 7.10. The molecule has 0 radical (unpaired) electrons. The van der Waals surface area contributed by atoms with Gasteiger partial charge < -0.3 is 19.6 Å². The number of rotatable bonds is 2. The van der Waals surface area contributed by atoms with Crippen LogP contribution >= 0.6 is 0 Å². The topological polar surface area (TPSA) is 49.5 Å². The Balaban J connectivity index is 1.57. The van der Waals surface area contributed by atoms with Crippen molar-refractivity contribution in [1.29, 1.82) is 0 Å². The average Bonchev–Trinajstić information content (AvgIpc) is 3.18. The van der Waals surface area contributed by atoms with E-state index in [-0.39, 0.29) is 23.7 Å². The third kappa shape index (κ3) is 2.90. The quantitative estimate of drug-likeness (QED) is 0.520. The van der Waals surface area contributed by atoms with Gasteiger partial charge in [-0.1, -0.05) is 12.2 Å². The van der Waals surface area contributed by atoms with Gasteiger partial charge in [0.2, 0.25) is 11.8 Å². The van der Waals surface area contributed by atoms with Gasteiger partial charge in [0.25, 0.3) is 0 Å². The van der Waals surface area contributed by atoms with E-state index in [1.165, 1.54) is 9.80 Å². The summed E-state index contributed by atoms with van der Waals surface area (Å²) in [4.78, 5) is 32.0. The molecule has 0 spiro atoms. The van der Waals surface area contributed by atoms with Crippen LogP contribution in [0.1, 0.15) is 0 Å². The molecule has 6 nitrogen and oxygen atoms in total. The molecule has 0 unspecified atom stereocenters. The van der Waals surface area contributed by atoms with Crippen molar-refractivity contribution in [2.75, 3.05) is 66.5 Å². The maximum Gasteiger partial charge on any atom is 0.231 e. The predicted molar refractivity (Wildman–Crippen MR) is 82.5 cm³/mol. The smallest absolute Gasteiger partial charge is 0.231 e. The monoisotopic (exact) mass is 308 g/mol. The number of hydrogen-bond acceptors (Lipinski definition) is 2. The van der Waals surface area contributed by atoms with Crippen LogP contribution in [0.4, 0.5) is 0 Å². The third-order valence-electron chi connectivity index (χ3n) is 5.41. The molecule has 0 aromatic rings. The highest BCUT2D eigenvalue weighted by molar-refractivity contribution is 5.99. The summed E-state index contributed by atoms with van der Waals surface area (Å²) < 4.78 is 0. The summed E-state index contributed by atoms with van der Waals surface area (Å²) in [6.45, 7) is 11.1. The van der Waals surface area contributed by atoms with E-state index in [1.54, 1.807) is 0 Å². The van der Waals surface area contributed by atoms with Crippen molar-refractivity contribution in [3.8, 4) is 0 Å². The van der Waals surface area contributed by atoms with Crippen LogP contribution in [0.5, 0.6) is 0 Å². The first kappa shape index (κ1) is 15.5. The van der Waals surface area contributed by atoms with Crippen molar-refractivity contribution in [1.82, 2.24) is 9.80 Å². The first-order valence-corrected chi connectivity index (χ1v) is 8.38. The lowest BCUT2D eigenvalue weighted by Crippen LogP contribution is -3.12. The molecule has 1 aliphatic carbocycles. The standard InChI is InChI=1S/C16H26N4O2/c1-12-13(15(21)19-8-4-17(2)5-9-19)14(12)16(22)20-10-6-18(3)7-11-20/h13-14H,1,4-11H2,2-3H3/p+2/t13-,14-/m0/s1. The van der Waals surface area contributed by atoms with E-state index in [0.717, 1.165) is 57.9 Å². The Labute approximate surface area is 132 Å². The Morgan fingerprint density at radius 3 is 1.50 bits per heavy atom. The maximum absolute atomic E-state index is 12.6. The number of amides is 2.